The van der Waals surface area contributed by atoms with Crippen LogP contribution in [-0.4, -0.2) is 26.8 Å². The molecule has 0 atom stereocenters. The van der Waals surface area contributed by atoms with Crippen LogP contribution < -0.4 is 9.47 Å². The van der Waals surface area contributed by atoms with E-state index in [9.17, 15) is 4.79 Å². The maximum Gasteiger partial charge on any atom is 0.338 e. The molecule has 0 saturated carbocycles. The summed E-state index contributed by atoms with van der Waals surface area (Å²) in [6.45, 7) is 6.19. The molecule has 0 heterocycles. The zero-order valence-corrected chi connectivity index (χ0v) is 15.4. The van der Waals surface area contributed by atoms with Crippen LogP contribution in [0, 0.1) is 13.8 Å². The minimum atomic E-state index is -0.307. The second-order valence-corrected chi connectivity index (χ2v) is 5.63. The third-order valence-corrected chi connectivity index (χ3v) is 4.12. The van der Waals surface area contributed by atoms with Gasteiger partial charge in [0.25, 0.3) is 0 Å². The van der Waals surface area contributed by atoms with Crippen molar-refractivity contribution < 1.29 is 19.0 Å². The predicted molar refractivity (Wildman–Crippen MR) is 100 cm³/mol. The van der Waals surface area contributed by atoms with E-state index in [0.29, 0.717) is 12.2 Å². The van der Waals surface area contributed by atoms with Crippen molar-refractivity contribution in [3.05, 3.63) is 58.1 Å². The molecule has 2 aromatic rings. The van der Waals surface area contributed by atoms with E-state index < -0.39 is 0 Å². The predicted octanol–water partition coefficient (Wildman–Crippen LogP) is 4.67. The fourth-order valence-electron chi connectivity index (χ4n) is 2.62. The number of hydrogen-bond donors (Lipinski definition) is 0. The Hall–Kier alpha value is -2.75. The first kappa shape index (κ1) is 18.6. The highest BCUT2D eigenvalue weighted by molar-refractivity contribution is 5.89. The van der Waals surface area contributed by atoms with Gasteiger partial charge in [-0.1, -0.05) is 24.3 Å². The van der Waals surface area contributed by atoms with Crippen molar-refractivity contribution in [1.29, 1.82) is 0 Å². The average Bonchev–Trinajstić information content (AvgIpc) is 2.63. The zero-order valence-electron chi connectivity index (χ0n) is 15.4. The summed E-state index contributed by atoms with van der Waals surface area (Å²) in [5.74, 6) is 1.35. The molecule has 25 heavy (non-hydrogen) atoms. The SMILES string of the molecule is CCOC(=O)c1ccc(/C=C/c2cc(OC)c(C)c(C)c2OC)cc1. The summed E-state index contributed by atoms with van der Waals surface area (Å²) >= 11 is 0. The Labute approximate surface area is 149 Å². The lowest BCUT2D eigenvalue weighted by Gasteiger charge is -2.15. The summed E-state index contributed by atoms with van der Waals surface area (Å²) in [6, 6.07) is 9.25. The van der Waals surface area contributed by atoms with Gasteiger partial charge in [0.05, 0.1) is 26.4 Å². The van der Waals surface area contributed by atoms with E-state index >= 15 is 0 Å². The fourth-order valence-corrected chi connectivity index (χ4v) is 2.62. The number of carbonyl (C=O) groups is 1. The van der Waals surface area contributed by atoms with Crippen LogP contribution in [0.15, 0.2) is 30.3 Å². The van der Waals surface area contributed by atoms with Crippen molar-refractivity contribution >= 4 is 18.1 Å². The monoisotopic (exact) mass is 340 g/mol. The van der Waals surface area contributed by atoms with Crippen LogP contribution in [0.2, 0.25) is 0 Å². The molecule has 2 rings (SSSR count). The summed E-state index contributed by atoms with van der Waals surface area (Å²) in [5, 5.41) is 0. The van der Waals surface area contributed by atoms with Gasteiger partial charge in [-0.05, 0) is 55.7 Å². The van der Waals surface area contributed by atoms with Crippen LogP contribution in [0.25, 0.3) is 12.2 Å². The highest BCUT2D eigenvalue weighted by atomic mass is 16.5. The summed E-state index contributed by atoms with van der Waals surface area (Å²) in [6.07, 6.45) is 3.95. The van der Waals surface area contributed by atoms with E-state index in [-0.39, 0.29) is 5.97 Å². The van der Waals surface area contributed by atoms with Crippen LogP contribution >= 0.6 is 0 Å². The van der Waals surface area contributed by atoms with E-state index in [1.54, 1.807) is 33.3 Å². The van der Waals surface area contributed by atoms with Crippen molar-refractivity contribution in [2.45, 2.75) is 20.8 Å². The molecule has 4 heteroatoms. The number of methoxy groups -OCH3 is 2. The van der Waals surface area contributed by atoms with Gasteiger partial charge in [0.15, 0.2) is 0 Å². The lowest BCUT2D eigenvalue weighted by molar-refractivity contribution is 0.0526. The zero-order chi connectivity index (χ0) is 18.4. The van der Waals surface area contributed by atoms with Gasteiger partial charge < -0.3 is 14.2 Å². The first-order valence-electron chi connectivity index (χ1n) is 8.19. The van der Waals surface area contributed by atoms with Crippen LogP contribution in [0.1, 0.15) is 39.5 Å². The topological polar surface area (TPSA) is 44.8 Å². The number of esters is 1. The molecule has 0 saturated heterocycles. The molecule has 4 nitrogen and oxygen atoms in total. The summed E-state index contributed by atoms with van der Waals surface area (Å²) in [7, 11) is 3.33. The van der Waals surface area contributed by atoms with Gasteiger partial charge in [0, 0.05) is 5.56 Å². The Morgan fingerprint density at radius 1 is 1.00 bits per heavy atom. The van der Waals surface area contributed by atoms with Gasteiger partial charge in [0.1, 0.15) is 11.5 Å². The summed E-state index contributed by atoms with van der Waals surface area (Å²) < 4.78 is 16.0. The normalized spacial score (nSPS) is 10.8. The third-order valence-electron chi connectivity index (χ3n) is 4.12. The fraction of sp³-hybridized carbons (Fsp3) is 0.286. The van der Waals surface area contributed by atoms with Crippen molar-refractivity contribution in [2.24, 2.45) is 0 Å². The maximum atomic E-state index is 11.7. The van der Waals surface area contributed by atoms with Gasteiger partial charge in [0.2, 0.25) is 0 Å². The number of hydrogen-bond acceptors (Lipinski definition) is 4. The van der Waals surface area contributed by atoms with Crippen LogP contribution in [0.4, 0.5) is 0 Å². The summed E-state index contributed by atoms with van der Waals surface area (Å²) in [4.78, 5) is 11.7. The number of benzene rings is 2. The first-order chi connectivity index (χ1) is 12.0. The van der Waals surface area contributed by atoms with E-state index in [2.05, 4.69) is 0 Å². The van der Waals surface area contributed by atoms with Gasteiger partial charge in [-0.2, -0.15) is 0 Å². The number of carbonyl (C=O) groups excluding carboxylic acids is 1. The second kappa shape index (κ2) is 8.38. The molecule has 0 bridgehead atoms. The van der Waals surface area contributed by atoms with Crippen molar-refractivity contribution in [3.8, 4) is 11.5 Å². The highest BCUT2D eigenvalue weighted by Crippen LogP contribution is 2.34. The molecule has 0 N–H and O–H groups in total. The van der Waals surface area contributed by atoms with Gasteiger partial charge in [-0.3, -0.25) is 0 Å². The third kappa shape index (κ3) is 4.21. The molecule has 132 valence electrons. The van der Waals surface area contributed by atoms with Crippen LogP contribution in [0.5, 0.6) is 11.5 Å². The average molecular weight is 340 g/mol. The molecule has 0 aliphatic heterocycles. The maximum absolute atomic E-state index is 11.7. The van der Waals surface area contributed by atoms with Crippen molar-refractivity contribution in [2.75, 3.05) is 20.8 Å². The first-order valence-corrected chi connectivity index (χ1v) is 8.19. The molecular formula is C21H24O4. The van der Waals surface area contributed by atoms with Gasteiger partial charge in [-0.25, -0.2) is 4.79 Å². The molecule has 0 spiro atoms. The quantitative estimate of drug-likeness (QED) is 0.566. The molecule has 0 radical (unpaired) electrons. The lowest BCUT2D eigenvalue weighted by Crippen LogP contribution is -2.03. The standard InChI is InChI=1S/C21H24O4/c1-6-25-21(22)17-10-7-16(8-11-17)9-12-18-13-19(23-4)14(2)15(3)20(18)24-5/h7-13H,6H2,1-5H3/b12-9+. The highest BCUT2D eigenvalue weighted by Gasteiger charge is 2.12. The van der Waals surface area contributed by atoms with E-state index in [1.807, 2.05) is 44.2 Å². The molecule has 0 aliphatic rings. The Morgan fingerprint density at radius 3 is 2.24 bits per heavy atom. The van der Waals surface area contributed by atoms with E-state index in [1.165, 1.54) is 0 Å². The minimum absolute atomic E-state index is 0.307. The second-order valence-electron chi connectivity index (χ2n) is 5.63. The van der Waals surface area contributed by atoms with Crippen LogP contribution in [-0.2, 0) is 4.74 Å². The Bertz CT molecular complexity index is 773. The van der Waals surface area contributed by atoms with Crippen molar-refractivity contribution in [1.82, 2.24) is 0 Å². The smallest absolute Gasteiger partial charge is 0.338 e. The summed E-state index contributed by atoms with van der Waals surface area (Å²) in [5.41, 5.74) is 4.59. The molecule has 2 aromatic carbocycles. The molecule has 0 aliphatic carbocycles. The van der Waals surface area contributed by atoms with Gasteiger partial charge in [-0.15, -0.1) is 0 Å². The minimum Gasteiger partial charge on any atom is -0.496 e. The molecule has 0 amide bonds. The number of ether oxygens (including phenoxy) is 3. The molecule has 0 unspecified atom stereocenters. The molecule has 0 fully saturated rings. The van der Waals surface area contributed by atoms with Crippen molar-refractivity contribution in [3.63, 3.8) is 0 Å². The van der Waals surface area contributed by atoms with Crippen LogP contribution in [0.3, 0.4) is 0 Å². The lowest BCUT2D eigenvalue weighted by atomic mass is 10.0. The molecular weight excluding hydrogens is 316 g/mol. The van der Waals surface area contributed by atoms with Gasteiger partial charge >= 0.3 is 5.97 Å². The Morgan fingerprint density at radius 2 is 1.68 bits per heavy atom. The van der Waals surface area contributed by atoms with E-state index in [4.69, 9.17) is 14.2 Å². The largest absolute Gasteiger partial charge is 0.496 e. The van der Waals surface area contributed by atoms with E-state index in [0.717, 1.165) is 33.8 Å². The number of rotatable bonds is 6. The Kier molecular flexibility index (Phi) is 6.23. The Balaban J connectivity index is 2.30. The molecule has 0 aromatic heterocycles.